The Morgan fingerprint density at radius 3 is 2.38 bits per heavy atom. The highest BCUT2D eigenvalue weighted by Crippen LogP contribution is 2.31. The van der Waals surface area contributed by atoms with Crippen LogP contribution in [0, 0.1) is 6.92 Å². The van der Waals surface area contributed by atoms with Gasteiger partial charge in [0.15, 0.2) is 0 Å². The zero-order chi connectivity index (χ0) is 26.6. The number of pyridine rings is 1. The number of ether oxygens (including phenoxy) is 1. The predicted octanol–water partition coefficient (Wildman–Crippen LogP) is 5.62. The van der Waals surface area contributed by atoms with Gasteiger partial charge < -0.3 is 15.0 Å². The fourth-order valence-electron chi connectivity index (χ4n) is 4.57. The molecule has 0 aliphatic carbocycles. The summed E-state index contributed by atoms with van der Waals surface area (Å²) in [4.78, 5) is 30.2. The second kappa shape index (κ2) is 11.0. The van der Waals surface area contributed by atoms with Gasteiger partial charge in [0, 0.05) is 18.8 Å². The number of carbonyl (C=O) groups excluding carboxylic acids is 2. The van der Waals surface area contributed by atoms with Crippen LogP contribution < -0.4 is 10.1 Å². The van der Waals surface area contributed by atoms with E-state index in [2.05, 4.69) is 10.3 Å². The Balaban J connectivity index is 1.30. The number of methoxy groups -OCH3 is 1. The highest BCUT2D eigenvalue weighted by atomic mass is 19.4. The number of amides is 2. The van der Waals surface area contributed by atoms with Crippen LogP contribution in [0.4, 0.5) is 18.9 Å². The highest BCUT2D eigenvalue weighted by Gasteiger charge is 2.33. The van der Waals surface area contributed by atoms with E-state index in [1.54, 1.807) is 12.0 Å². The number of anilines is 1. The van der Waals surface area contributed by atoms with Gasteiger partial charge in [0.1, 0.15) is 17.1 Å². The Bertz CT molecular complexity index is 1270. The zero-order valence-electron chi connectivity index (χ0n) is 20.6. The first-order chi connectivity index (χ1) is 17.6. The third kappa shape index (κ3) is 6.47. The molecule has 4 rings (SSSR count). The Labute approximate surface area is 213 Å². The van der Waals surface area contributed by atoms with E-state index in [-0.39, 0.29) is 23.9 Å². The van der Waals surface area contributed by atoms with Crippen LogP contribution in [0.3, 0.4) is 0 Å². The highest BCUT2D eigenvalue weighted by molar-refractivity contribution is 5.93. The minimum atomic E-state index is -4.59. The van der Waals surface area contributed by atoms with Crippen LogP contribution in [0.15, 0.2) is 60.7 Å². The fraction of sp³-hybridized carbons (Fsp3) is 0.321. The number of alkyl halides is 3. The Morgan fingerprint density at radius 2 is 1.76 bits per heavy atom. The second-order valence-corrected chi connectivity index (χ2v) is 9.12. The summed E-state index contributed by atoms with van der Waals surface area (Å²) in [6, 6.07) is 16.7. The molecule has 0 unspecified atom stereocenters. The summed E-state index contributed by atoms with van der Waals surface area (Å²) >= 11 is 0. The number of piperidine rings is 1. The molecule has 194 valence electrons. The number of hydrogen-bond acceptors (Lipinski definition) is 4. The van der Waals surface area contributed by atoms with E-state index in [1.165, 1.54) is 12.1 Å². The van der Waals surface area contributed by atoms with Crippen molar-refractivity contribution >= 4 is 17.5 Å². The maximum Gasteiger partial charge on any atom is 0.433 e. The number of aryl methyl sites for hydroxylation is 1. The second-order valence-electron chi connectivity index (χ2n) is 9.12. The molecule has 1 aromatic heterocycles. The average molecular weight is 512 g/mol. The van der Waals surface area contributed by atoms with E-state index in [0.29, 0.717) is 31.6 Å². The Hall–Kier alpha value is -3.88. The number of aromatic nitrogens is 1. The summed E-state index contributed by atoms with van der Waals surface area (Å²) in [5, 5.41) is 2.91. The fourth-order valence-corrected chi connectivity index (χ4v) is 4.57. The van der Waals surface area contributed by atoms with E-state index in [0.717, 1.165) is 28.5 Å². The smallest absolute Gasteiger partial charge is 0.433 e. The SMILES string of the molecule is COc1ccc(CC(=O)Nc2ccc(C3CCN(C(=O)c4cccc(C(F)(F)F)n4)CC3)cc2)cc1C. The maximum atomic E-state index is 12.9. The van der Waals surface area contributed by atoms with Crippen molar-refractivity contribution in [1.82, 2.24) is 9.88 Å². The quantitative estimate of drug-likeness (QED) is 0.467. The molecule has 1 N–H and O–H groups in total. The average Bonchev–Trinajstić information content (AvgIpc) is 2.88. The molecule has 2 heterocycles. The van der Waals surface area contributed by atoms with Gasteiger partial charge in [-0.1, -0.05) is 30.3 Å². The lowest BCUT2D eigenvalue weighted by atomic mass is 9.89. The molecule has 0 bridgehead atoms. The normalized spacial score (nSPS) is 14.4. The van der Waals surface area contributed by atoms with E-state index in [1.807, 2.05) is 49.4 Å². The van der Waals surface area contributed by atoms with Gasteiger partial charge in [-0.25, -0.2) is 4.98 Å². The van der Waals surface area contributed by atoms with E-state index in [9.17, 15) is 22.8 Å². The lowest BCUT2D eigenvalue weighted by Crippen LogP contribution is -2.38. The van der Waals surface area contributed by atoms with Crippen molar-refractivity contribution in [1.29, 1.82) is 0 Å². The van der Waals surface area contributed by atoms with Crippen molar-refractivity contribution in [2.75, 3.05) is 25.5 Å². The predicted molar refractivity (Wildman–Crippen MR) is 134 cm³/mol. The summed E-state index contributed by atoms with van der Waals surface area (Å²) in [6.45, 7) is 2.80. The van der Waals surface area contributed by atoms with Gasteiger partial charge in [-0.3, -0.25) is 9.59 Å². The molecule has 37 heavy (non-hydrogen) atoms. The van der Waals surface area contributed by atoms with Gasteiger partial charge in [0.2, 0.25) is 5.91 Å². The van der Waals surface area contributed by atoms with Gasteiger partial charge in [-0.2, -0.15) is 13.2 Å². The number of carbonyl (C=O) groups is 2. The van der Waals surface area contributed by atoms with Crippen molar-refractivity contribution in [2.24, 2.45) is 0 Å². The number of likely N-dealkylation sites (tertiary alicyclic amines) is 1. The molecule has 3 aromatic rings. The van der Waals surface area contributed by atoms with Crippen LogP contribution in [-0.4, -0.2) is 41.9 Å². The van der Waals surface area contributed by atoms with Gasteiger partial charge in [0.05, 0.1) is 13.5 Å². The molecule has 1 fully saturated rings. The first-order valence-electron chi connectivity index (χ1n) is 12.0. The molecular formula is C28H28F3N3O3. The lowest BCUT2D eigenvalue weighted by molar-refractivity contribution is -0.141. The van der Waals surface area contributed by atoms with Gasteiger partial charge >= 0.3 is 6.18 Å². The Morgan fingerprint density at radius 1 is 1.05 bits per heavy atom. The molecule has 0 saturated carbocycles. The molecule has 1 aliphatic rings. The standard InChI is InChI=1S/C28H28F3N3O3/c1-18-16-19(6-11-24(18)37-2)17-26(35)32-22-9-7-20(8-10-22)21-12-14-34(15-13-21)27(36)23-4-3-5-25(33-23)28(29,30)31/h3-11,16,21H,12-15,17H2,1-2H3,(H,32,35). The van der Waals surface area contributed by atoms with Gasteiger partial charge in [-0.15, -0.1) is 0 Å². The monoisotopic (exact) mass is 511 g/mol. The molecular weight excluding hydrogens is 483 g/mol. The summed E-state index contributed by atoms with van der Waals surface area (Å²) in [6.07, 6.45) is -2.97. The number of rotatable bonds is 6. The molecule has 1 aliphatic heterocycles. The third-order valence-corrected chi connectivity index (χ3v) is 6.53. The van der Waals surface area contributed by atoms with E-state index >= 15 is 0 Å². The minimum Gasteiger partial charge on any atom is -0.496 e. The number of nitrogens with one attached hydrogen (secondary N) is 1. The number of nitrogens with zero attached hydrogens (tertiary/aromatic N) is 2. The van der Waals surface area contributed by atoms with Crippen molar-refractivity contribution in [2.45, 2.75) is 38.3 Å². The van der Waals surface area contributed by atoms with Crippen LogP contribution in [0.2, 0.25) is 0 Å². The molecule has 9 heteroatoms. The summed E-state index contributed by atoms with van der Waals surface area (Å²) in [7, 11) is 1.61. The van der Waals surface area contributed by atoms with Crippen LogP contribution >= 0.6 is 0 Å². The number of benzene rings is 2. The maximum absolute atomic E-state index is 12.9. The molecule has 0 atom stereocenters. The van der Waals surface area contributed by atoms with Crippen LogP contribution in [0.5, 0.6) is 5.75 Å². The molecule has 2 amide bonds. The van der Waals surface area contributed by atoms with E-state index in [4.69, 9.17) is 4.74 Å². The lowest BCUT2D eigenvalue weighted by Gasteiger charge is -2.32. The molecule has 0 radical (unpaired) electrons. The minimum absolute atomic E-state index is 0.118. The number of halogens is 3. The largest absolute Gasteiger partial charge is 0.496 e. The van der Waals surface area contributed by atoms with Crippen molar-refractivity contribution in [3.8, 4) is 5.75 Å². The molecule has 6 nitrogen and oxygen atoms in total. The summed E-state index contributed by atoms with van der Waals surface area (Å²) < 4.78 is 44.1. The summed E-state index contributed by atoms with van der Waals surface area (Å²) in [5.41, 5.74) is 2.39. The topological polar surface area (TPSA) is 71.5 Å². The first-order valence-corrected chi connectivity index (χ1v) is 12.0. The molecule has 2 aromatic carbocycles. The molecule has 1 saturated heterocycles. The third-order valence-electron chi connectivity index (χ3n) is 6.53. The van der Waals surface area contributed by atoms with Crippen LogP contribution in [0.25, 0.3) is 0 Å². The first kappa shape index (κ1) is 26.2. The van der Waals surface area contributed by atoms with Crippen molar-refractivity contribution in [3.63, 3.8) is 0 Å². The zero-order valence-corrected chi connectivity index (χ0v) is 20.6. The van der Waals surface area contributed by atoms with Gasteiger partial charge in [0.25, 0.3) is 5.91 Å². The van der Waals surface area contributed by atoms with E-state index < -0.39 is 17.8 Å². The van der Waals surface area contributed by atoms with Gasteiger partial charge in [-0.05, 0) is 72.7 Å². The Kier molecular flexibility index (Phi) is 7.80. The molecule has 0 spiro atoms. The van der Waals surface area contributed by atoms with Crippen LogP contribution in [-0.2, 0) is 17.4 Å². The number of hydrogen-bond donors (Lipinski definition) is 1. The van der Waals surface area contributed by atoms with Crippen molar-refractivity contribution in [3.05, 3.63) is 88.7 Å². The van der Waals surface area contributed by atoms with Crippen molar-refractivity contribution < 1.29 is 27.5 Å². The van der Waals surface area contributed by atoms with Crippen LogP contribution in [0.1, 0.15) is 51.6 Å². The summed E-state index contributed by atoms with van der Waals surface area (Å²) in [5.74, 6) is 0.384.